The molecule has 1 aliphatic heterocycles. The molecule has 0 spiro atoms. The number of nitrogens with one attached hydrogen (secondary N) is 1. The van der Waals surface area contributed by atoms with Crippen molar-refractivity contribution >= 4 is 17.3 Å². The van der Waals surface area contributed by atoms with Crippen molar-refractivity contribution in [3.05, 3.63) is 33.9 Å². The summed E-state index contributed by atoms with van der Waals surface area (Å²) in [5.41, 5.74) is 5.54. The van der Waals surface area contributed by atoms with E-state index in [0.717, 1.165) is 0 Å². The summed E-state index contributed by atoms with van der Waals surface area (Å²) in [4.78, 5) is 21.9. The smallest absolute Gasteiger partial charge is 0.292 e. The van der Waals surface area contributed by atoms with Gasteiger partial charge in [0.05, 0.1) is 30.8 Å². The number of amides is 1. The Hall–Kier alpha value is -2.19. The number of hydrogen-bond donors (Lipinski definition) is 2. The zero-order chi connectivity index (χ0) is 14.5. The van der Waals surface area contributed by atoms with Crippen molar-refractivity contribution < 1.29 is 19.2 Å². The van der Waals surface area contributed by atoms with Crippen LogP contribution in [0.1, 0.15) is 10.4 Å². The van der Waals surface area contributed by atoms with Gasteiger partial charge in [-0.1, -0.05) is 0 Å². The highest BCUT2D eigenvalue weighted by Gasteiger charge is 2.17. The molecule has 1 aliphatic rings. The first-order chi connectivity index (χ1) is 9.58. The van der Waals surface area contributed by atoms with E-state index < -0.39 is 4.92 Å². The lowest BCUT2D eigenvalue weighted by molar-refractivity contribution is -0.383. The molecule has 1 saturated heterocycles. The zero-order valence-electron chi connectivity index (χ0n) is 10.7. The summed E-state index contributed by atoms with van der Waals surface area (Å²) in [5.74, 6) is -0.360. The van der Waals surface area contributed by atoms with E-state index in [4.69, 9.17) is 15.2 Å². The second kappa shape index (κ2) is 6.31. The highest BCUT2D eigenvalue weighted by atomic mass is 16.6. The molecule has 0 saturated carbocycles. The number of hydrogen-bond acceptors (Lipinski definition) is 6. The first kappa shape index (κ1) is 14.2. The first-order valence-corrected chi connectivity index (χ1v) is 6.09. The topological polar surface area (TPSA) is 117 Å². The summed E-state index contributed by atoms with van der Waals surface area (Å²) in [5, 5.41) is 13.3. The van der Waals surface area contributed by atoms with Gasteiger partial charge >= 0.3 is 0 Å². The third kappa shape index (κ3) is 3.43. The van der Waals surface area contributed by atoms with Gasteiger partial charge in [0.2, 0.25) is 0 Å². The molecule has 1 aromatic rings. The molecule has 20 heavy (non-hydrogen) atoms. The van der Waals surface area contributed by atoms with E-state index in [1.54, 1.807) is 0 Å². The van der Waals surface area contributed by atoms with Crippen molar-refractivity contribution in [3.63, 3.8) is 0 Å². The molecule has 1 aromatic carbocycles. The second-order valence-corrected chi connectivity index (χ2v) is 4.31. The largest absolute Gasteiger partial charge is 0.393 e. The molecule has 0 aliphatic carbocycles. The summed E-state index contributed by atoms with van der Waals surface area (Å²) < 4.78 is 10.6. The number of nitrogen functional groups attached to an aromatic ring is 1. The minimum atomic E-state index is -0.593. The first-order valence-electron chi connectivity index (χ1n) is 6.09. The van der Waals surface area contributed by atoms with Gasteiger partial charge in [0.15, 0.2) is 0 Å². The van der Waals surface area contributed by atoms with Crippen LogP contribution in [0.2, 0.25) is 0 Å². The summed E-state index contributed by atoms with van der Waals surface area (Å²) in [6, 6.07) is 3.86. The standard InChI is InChI=1S/C12H15N3O5/c13-10-5-8(1-2-11(10)15(17)18)12(16)14-6-9-7-19-3-4-20-9/h1-2,5,9H,3-4,6-7,13H2,(H,14,16). The molecule has 0 bridgehead atoms. The van der Waals surface area contributed by atoms with Crippen molar-refractivity contribution in [1.29, 1.82) is 0 Å². The third-order valence-corrected chi connectivity index (χ3v) is 2.86. The van der Waals surface area contributed by atoms with Gasteiger partial charge in [-0.25, -0.2) is 0 Å². The summed E-state index contributed by atoms with van der Waals surface area (Å²) in [6.07, 6.45) is -0.178. The Labute approximate surface area is 115 Å². The summed E-state index contributed by atoms with van der Waals surface area (Å²) in [6.45, 7) is 1.81. The maximum atomic E-state index is 11.9. The second-order valence-electron chi connectivity index (χ2n) is 4.31. The van der Waals surface area contributed by atoms with Gasteiger partial charge in [-0.2, -0.15) is 0 Å². The maximum Gasteiger partial charge on any atom is 0.292 e. The lowest BCUT2D eigenvalue weighted by Gasteiger charge is -2.23. The normalized spacial score (nSPS) is 18.5. The van der Waals surface area contributed by atoms with Crippen LogP contribution in [0.5, 0.6) is 0 Å². The third-order valence-electron chi connectivity index (χ3n) is 2.86. The average Bonchev–Trinajstić information content (AvgIpc) is 2.45. The Morgan fingerprint density at radius 2 is 2.30 bits per heavy atom. The number of rotatable bonds is 4. The molecule has 1 fully saturated rings. The van der Waals surface area contributed by atoms with Crippen LogP contribution in [-0.2, 0) is 9.47 Å². The predicted octanol–water partition coefficient (Wildman–Crippen LogP) is 0.322. The van der Waals surface area contributed by atoms with Crippen molar-refractivity contribution in [2.75, 3.05) is 32.1 Å². The number of carbonyl (C=O) groups excluding carboxylic acids is 1. The zero-order valence-corrected chi connectivity index (χ0v) is 10.7. The van der Waals surface area contributed by atoms with E-state index >= 15 is 0 Å². The van der Waals surface area contributed by atoms with Crippen LogP contribution in [0.15, 0.2) is 18.2 Å². The molecule has 8 heteroatoms. The average molecular weight is 281 g/mol. The van der Waals surface area contributed by atoms with E-state index in [1.165, 1.54) is 18.2 Å². The molecular weight excluding hydrogens is 266 g/mol. The molecule has 0 radical (unpaired) electrons. The number of nitrogens with zero attached hydrogens (tertiary/aromatic N) is 1. The van der Waals surface area contributed by atoms with E-state index in [2.05, 4.69) is 5.32 Å². The number of carbonyl (C=O) groups is 1. The number of nitrogens with two attached hydrogens (primary N) is 1. The fourth-order valence-electron chi connectivity index (χ4n) is 1.83. The number of nitro benzene ring substituents is 1. The van der Waals surface area contributed by atoms with E-state index in [0.29, 0.717) is 26.4 Å². The van der Waals surface area contributed by atoms with E-state index in [-0.39, 0.29) is 28.9 Å². The van der Waals surface area contributed by atoms with Gasteiger partial charge in [-0.05, 0) is 12.1 Å². The van der Waals surface area contributed by atoms with Gasteiger partial charge in [0.1, 0.15) is 5.69 Å². The Balaban J connectivity index is 1.95. The molecule has 1 atom stereocenters. The van der Waals surface area contributed by atoms with Crippen LogP contribution >= 0.6 is 0 Å². The van der Waals surface area contributed by atoms with Crippen molar-refractivity contribution in [2.24, 2.45) is 0 Å². The molecular formula is C12H15N3O5. The van der Waals surface area contributed by atoms with Crippen LogP contribution in [0.4, 0.5) is 11.4 Å². The number of benzene rings is 1. The summed E-state index contributed by atoms with van der Waals surface area (Å²) in [7, 11) is 0. The number of nitro groups is 1. The molecule has 3 N–H and O–H groups in total. The SMILES string of the molecule is Nc1cc(C(=O)NCC2COCCO2)ccc1[N+](=O)[O-]. The van der Waals surface area contributed by atoms with Crippen LogP contribution in [0.25, 0.3) is 0 Å². The van der Waals surface area contributed by atoms with Gasteiger partial charge < -0.3 is 20.5 Å². The quantitative estimate of drug-likeness (QED) is 0.466. The Bertz CT molecular complexity index is 514. The molecule has 1 heterocycles. The van der Waals surface area contributed by atoms with Gasteiger partial charge in [0.25, 0.3) is 11.6 Å². The fraction of sp³-hybridized carbons (Fsp3) is 0.417. The highest BCUT2D eigenvalue weighted by molar-refractivity contribution is 5.95. The number of anilines is 1. The fourth-order valence-corrected chi connectivity index (χ4v) is 1.83. The maximum absolute atomic E-state index is 11.9. The van der Waals surface area contributed by atoms with Crippen LogP contribution in [0.3, 0.4) is 0 Å². The minimum Gasteiger partial charge on any atom is -0.393 e. The lowest BCUT2D eigenvalue weighted by Crippen LogP contribution is -2.39. The van der Waals surface area contributed by atoms with Crippen LogP contribution in [-0.4, -0.2) is 43.3 Å². The Morgan fingerprint density at radius 1 is 1.50 bits per heavy atom. The Kier molecular flexibility index (Phi) is 4.49. The molecule has 108 valence electrons. The molecule has 1 amide bonds. The van der Waals surface area contributed by atoms with Crippen LogP contribution in [0, 0.1) is 10.1 Å². The van der Waals surface area contributed by atoms with E-state index in [1.807, 2.05) is 0 Å². The molecule has 8 nitrogen and oxygen atoms in total. The lowest BCUT2D eigenvalue weighted by atomic mass is 10.1. The minimum absolute atomic E-state index is 0.0418. The Morgan fingerprint density at radius 3 is 2.90 bits per heavy atom. The van der Waals surface area contributed by atoms with Gasteiger partial charge in [-0.15, -0.1) is 0 Å². The molecule has 1 unspecified atom stereocenters. The van der Waals surface area contributed by atoms with Crippen molar-refractivity contribution in [3.8, 4) is 0 Å². The van der Waals surface area contributed by atoms with Gasteiger partial charge in [-0.3, -0.25) is 14.9 Å². The monoisotopic (exact) mass is 281 g/mol. The van der Waals surface area contributed by atoms with Crippen LogP contribution < -0.4 is 11.1 Å². The van der Waals surface area contributed by atoms with Crippen molar-refractivity contribution in [1.82, 2.24) is 5.32 Å². The van der Waals surface area contributed by atoms with Crippen molar-refractivity contribution in [2.45, 2.75) is 6.10 Å². The molecule has 2 rings (SSSR count). The van der Waals surface area contributed by atoms with E-state index in [9.17, 15) is 14.9 Å². The predicted molar refractivity (Wildman–Crippen MR) is 70.4 cm³/mol. The summed E-state index contributed by atoms with van der Waals surface area (Å²) >= 11 is 0. The molecule has 0 aromatic heterocycles. The van der Waals surface area contributed by atoms with Gasteiger partial charge in [0, 0.05) is 18.2 Å². The number of ether oxygens (including phenoxy) is 2. The highest BCUT2D eigenvalue weighted by Crippen LogP contribution is 2.21.